The highest BCUT2D eigenvalue weighted by atomic mass is 79.9. The molecule has 0 bridgehead atoms. The average molecular weight is 195 g/mol. The summed E-state index contributed by atoms with van der Waals surface area (Å²) in [4.78, 5) is 12.4. The molecule has 3 nitrogen and oxygen atoms in total. The van der Waals surface area contributed by atoms with Crippen molar-refractivity contribution < 1.29 is 4.79 Å². The third kappa shape index (κ3) is 2.32. The maximum atomic E-state index is 10.7. The smallest absolute Gasteiger partial charge is 0.236 e. The molecule has 1 heterocycles. The molecule has 1 N–H and O–H groups in total. The highest BCUT2D eigenvalue weighted by Gasteiger charge is 2.11. The molecule has 0 aromatic carbocycles. The van der Waals surface area contributed by atoms with Gasteiger partial charge in [-0.15, -0.1) is 17.0 Å². The molecule has 0 saturated carbocycles. The summed E-state index contributed by atoms with van der Waals surface area (Å²) in [6, 6.07) is 0. The number of carbonyl (C=O) groups is 1. The van der Waals surface area contributed by atoms with Crippen LogP contribution < -0.4 is 5.32 Å². The van der Waals surface area contributed by atoms with Gasteiger partial charge in [0.1, 0.15) is 0 Å². The highest BCUT2D eigenvalue weighted by molar-refractivity contribution is 8.93. The second kappa shape index (κ2) is 3.85. The van der Waals surface area contributed by atoms with E-state index < -0.39 is 0 Å². The summed E-state index contributed by atoms with van der Waals surface area (Å²) in [5, 5.41) is 2.97. The molecule has 1 amide bonds. The number of amides is 1. The van der Waals surface area contributed by atoms with E-state index in [1.165, 1.54) is 0 Å². The summed E-state index contributed by atoms with van der Waals surface area (Å²) in [5.74, 6) is 0.191. The molecule has 4 heteroatoms. The molecule has 0 aromatic heterocycles. The van der Waals surface area contributed by atoms with Gasteiger partial charge in [0.25, 0.3) is 0 Å². The van der Waals surface area contributed by atoms with E-state index in [1.807, 2.05) is 7.05 Å². The zero-order valence-electron chi connectivity index (χ0n) is 5.39. The van der Waals surface area contributed by atoms with Crippen LogP contribution in [-0.4, -0.2) is 37.5 Å². The predicted octanol–water partition coefficient (Wildman–Crippen LogP) is -0.374. The third-order valence-corrected chi connectivity index (χ3v) is 1.33. The van der Waals surface area contributed by atoms with Gasteiger partial charge in [0.2, 0.25) is 5.91 Å². The summed E-state index contributed by atoms with van der Waals surface area (Å²) in [7, 11) is 1.82. The van der Waals surface area contributed by atoms with E-state index in [-0.39, 0.29) is 22.9 Å². The van der Waals surface area contributed by atoms with E-state index in [1.54, 1.807) is 4.90 Å². The molecular weight excluding hydrogens is 184 g/mol. The van der Waals surface area contributed by atoms with Gasteiger partial charge >= 0.3 is 0 Å². The largest absolute Gasteiger partial charge is 0.343 e. The minimum Gasteiger partial charge on any atom is -0.343 e. The summed E-state index contributed by atoms with van der Waals surface area (Å²) in [5.41, 5.74) is 0. The summed E-state index contributed by atoms with van der Waals surface area (Å²) < 4.78 is 0. The lowest BCUT2D eigenvalue weighted by atomic mass is 10.4. The van der Waals surface area contributed by atoms with Crippen LogP contribution in [0.5, 0.6) is 0 Å². The van der Waals surface area contributed by atoms with Gasteiger partial charge < -0.3 is 10.2 Å². The standard InChI is InChI=1S/C5H10N2O.BrH/c1-7-3-2-6-4-5(7)8;/h6H,2-4H2,1H3;1H. The molecule has 0 aliphatic carbocycles. The monoisotopic (exact) mass is 194 g/mol. The SMILES string of the molecule is Br.CN1CCNCC1=O. The Kier molecular flexibility index (Phi) is 3.81. The van der Waals surface area contributed by atoms with Crippen LogP contribution in [0.25, 0.3) is 0 Å². The predicted molar refractivity (Wildman–Crippen MR) is 40.8 cm³/mol. The number of piperazine rings is 1. The molecule has 1 saturated heterocycles. The Morgan fingerprint density at radius 2 is 2.33 bits per heavy atom. The van der Waals surface area contributed by atoms with Gasteiger partial charge in [-0.25, -0.2) is 0 Å². The van der Waals surface area contributed by atoms with E-state index in [9.17, 15) is 4.79 Å². The lowest BCUT2D eigenvalue weighted by molar-refractivity contribution is -0.130. The van der Waals surface area contributed by atoms with Gasteiger partial charge in [-0.2, -0.15) is 0 Å². The maximum absolute atomic E-state index is 10.7. The van der Waals surface area contributed by atoms with Crippen molar-refractivity contribution in [3.8, 4) is 0 Å². The van der Waals surface area contributed by atoms with Crippen molar-refractivity contribution in [3.63, 3.8) is 0 Å². The van der Waals surface area contributed by atoms with Crippen molar-refractivity contribution in [3.05, 3.63) is 0 Å². The van der Waals surface area contributed by atoms with Gasteiger partial charge in [-0.05, 0) is 0 Å². The fourth-order valence-corrected chi connectivity index (χ4v) is 0.702. The van der Waals surface area contributed by atoms with Crippen LogP contribution in [0.2, 0.25) is 0 Å². The van der Waals surface area contributed by atoms with Gasteiger partial charge in [0.05, 0.1) is 6.54 Å². The van der Waals surface area contributed by atoms with Crippen LogP contribution in [0.4, 0.5) is 0 Å². The first-order valence-electron chi connectivity index (χ1n) is 2.75. The van der Waals surface area contributed by atoms with Crippen molar-refractivity contribution in [1.29, 1.82) is 0 Å². The molecular formula is C5H11BrN2O. The first kappa shape index (κ1) is 8.91. The number of nitrogens with one attached hydrogen (secondary N) is 1. The molecule has 0 spiro atoms. The van der Waals surface area contributed by atoms with Crippen molar-refractivity contribution in [2.24, 2.45) is 0 Å². The second-order valence-electron chi connectivity index (χ2n) is 1.99. The lowest BCUT2D eigenvalue weighted by Gasteiger charge is -2.22. The zero-order chi connectivity index (χ0) is 5.98. The fraction of sp³-hybridized carbons (Fsp3) is 0.800. The Hall–Kier alpha value is -0.0900. The van der Waals surface area contributed by atoms with Crippen LogP contribution in [0.3, 0.4) is 0 Å². The Bertz CT molecular complexity index is 107. The molecule has 1 aliphatic heterocycles. The quantitative estimate of drug-likeness (QED) is 0.571. The first-order chi connectivity index (χ1) is 3.80. The second-order valence-corrected chi connectivity index (χ2v) is 1.99. The molecule has 54 valence electrons. The number of likely N-dealkylation sites (N-methyl/N-ethyl adjacent to an activating group) is 1. The normalized spacial score (nSPS) is 19.2. The van der Waals surface area contributed by atoms with Gasteiger partial charge in [0, 0.05) is 20.1 Å². The zero-order valence-corrected chi connectivity index (χ0v) is 7.10. The maximum Gasteiger partial charge on any atom is 0.236 e. The van der Waals surface area contributed by atoms with Crippen molar-refractivity contribution in [1.82, 2.24) is 10.2 Å². The number of hydrogen-bond donors (Lipinski definition) is 1. The van der Waals surface area contributed by atoms with Crippen LogP contribution in [-0.2, 0) is 4.79 Å². The first-order valence-corrected chi connectivity index (χ1v) is 2.75. The Balaban J connectivity index is 0.000000640. The molecule has 0 aromatic rings. The number of halogens is 1. The van der Waals surface area contributed by atoms with E-state index >= 15 is 0 Å². The topological polar surface area (TPSA) is 32.3 Å². The molecule has 0 unspecified atom stereocenters. The molecule has 9 heavy (non-hydrogen) atoms. The van der Waals surface area contributed by atoms with Crippen LogP contribution in [0.1, 0.15) is 0 Å². The summed E-state index contributed by atoms with van der Waals surface area (Å²) >= 11 is 0. The molecule has 0 radical (unpaired) electrons. The van der Waals surface area contributed by atoms with Gasteiger partial charge in [-0.1, -0.05) is 0 Å². The minimum atomic E-state index is 0. The Morgan fingerprint density at radius 1 is 1.67 bits per heavy atom. The van der Waals surface area contributed by atoms with Crippen molar-refractivity contribution in [2.75, 3.05) is 26.7 Å². The highest BCUT2D eigenvalue weighted by Crippen LogP contribution is 1.86. The number of nitrogens with zero attached hydrogens (tertiary/aromatic N) is 1. The van der Waals surface area contributed by atoms with E-state index in [4.69, 9.17) is 0 Å². The summed E-state index contributed by atoms with van der Waals surface area (Å²) in [6.45, 7) is 2.29. The van der Waals surface area contributed by atoms with E-state index in [0.717, 1.165) is 13.1 Å². The Morgan fingerprint density at radius 3 is 2.67 bits per heavy atom. The molecule has 1 fully saturated rings. The molecule has 1 rings (SSSR count). The van der Waals surface area contributed by atoms with Crippen LogP contribution >= 0.6 is 17.0 Å². The van der Waals surface area contributed by atoms with E-state index in [0.29, 0.717) is 6.54 Å². The third-order valence-electron chi connectivity index (χ3n) is 1.33. The van der Waals surface area contributed by atoms with Crippen LogP contribution in [0.15, 0.2) is 0 Å². The number of rotatable bonds is 0. The molecule has 0 atom stereocenters. The van der Waals surface area contributed by atoms with E-state index in [2.05, 4.69) is 5.32 Å². The van der Waals surface area contributed by atoms with Crippen molar-refractivity contribution in [2.45, 2.75) is 0 Å². The molecule has 1 aliphatic rings. The number of hydrogen-bond acceptors (Lipinski definition) is 2. The fourth-order valence-electron chi connectivity index (χ4n) is 0.702. The average Bonchev–Trinajstić information content (AvgIpc) is 1.77. The Labute approximate surface area is 65.2 Å². The lowest BCUT2D eigenvalue weighted by Crippen LogP contribution is -2.45. The number of carbonyl (C=O) groups excluding carboxylic acids is 1. The van der Waals surface area contributed by atoms with Gasteiger partial charge in [-0.3, -0.25) is 4.79 Å². The van der Waals surface area contributed by atoms with Crippen molar-refractivity contribution >= 4 is 22.9 Å². The summed E-state index contributed by atoms with van der Waals surface area (Å²) in [6.07, 6.45) is 0. The van der Waals surface area contributed by atoms with Gasteiger partial charge in [0.15, 0.2) is 0 Å². The minimum absolute atomic E-state index is 0. The van der Waals surface area contributed by atoms with Crippen LogP contribution in [0, 0.1) is 0 Å².